The molecule has 0 bridgehead atoms. The molecule has 0 N–H and O–H groups in total. The van der Waals surface area contributed by atoms with Crippen molar-refractivity contribution in [2.45, 2.75) is 6.92 Å². The third-order valence-corrected chi connectivity index (χ3v) is 2.63. The third kappa shape index (κ3) is 2.70. The molecule has 0 radical (unpaired) electrons. The molecule has 0 saturated carbocycles. The number of rotatable bonds is 3. The van der Waals surface area contributed by atoms with Crippen molar-refractivity contribution >= 4 is 5.97 Å². The van der Waals surface area contributed by atoms with E-state index in [0.717, 1.165) is 10.2 Å². The van der Waals surface area contributed by atoms with Crippen molar-refractivity contribution in [3.63, 3.8) is 0 Å². The predicted octanol–water partition coefficient (Wildman–Crippen LogP) is 1.62. The Morgan fingerprint density at radius 2 is 2.00 bits per heavy atom. The molecule has 5 nitrogen and oxygen atoms in total. The van der Waals surface area contributed by atoms with Gasteiger partial charge in [-0.05, 0) is 13.0 Å². The fourth-order valence-corrected chi connectivity index (χ4v) is 1.71. The second-order valence-electron chi connectivity index (χ2n) is 3.96. The number of aryl methyl sites for hydroxylation is 1. The molecular weight excluding hydrogens is 244 g/mol. The summed E-state index contributed by atoms with van der Waals surface area (Å²) in [5.41, 5.74) is 0.936. The Kier molecular flexibility index (Phi) is 3.75. The van der Waals surface area contributed by atoms with Crippen LogP contribution < -0.4 is 5.56 Å². The van der Waals surface area contributed by atoms with E-state index in [9.17, 15) is 9.59 Å². The summed E-state index contributed by atoms with van der Waals surface area (Å²) >= 11 is 0. The van der Waals surface area contributed by atoms with Crippen LogP contribution in [-0.4, -0.2) is 22.4 Å². The number of ether oxygens (including phenoxy) is 1. The van der Waals surface area contributed by atoms with Gasteiger partial charge in [-0.3, -0.25) is 4.79 Å². The van der Waals surface area contributed by atoms with Gasteiger partial charge in [-0.15, -0.1) is 0 Å². The van der Waals surface area contributed by atoms with E-state index in [1.165, 1.54) is 13.1 Å². The average molecular weight is 258 g/mol. The van der Waals surface area contributed by atoms with Crippen LogP contribution in [0.5, 0.6) is 0 Å². The average Bonchev–Trinajstić information content (AvgIpc) is 2.43. The van der Waals surface area contributed by atoms with Crippen LogP contribution in [0.2, 0.25) is 0 Å². The van der Waals surface area contributed by atoms with Gasteiger partial charge in [0.25, 0.3) is 5.56 Å². The molecule has 19 heavy (non-hydrogen) atoms. The Labute approximate surface area is 110 Å². The Bertz CT molecular complexity index is 647. The van der Waals surface area contributed by atoms with Crippen LogP contribution in [0.25, 0.3) is 11.3 Å². The second kappa shape index (κ2) is 5.48. The predicted molar refractivity (Wildman–Crippen MR) is 70.9 cm³/mol. The van der Waals surface area contributed by atoms with Gasteiger partial charge in [0.15, 0.2) is 0 Å². The molecule has 0 atom stereocenters. The molecule has 1 aromatic carbocycles. The number of hydrogen-bond acceptors (Lipinski definition) is 4. The summed E-state index contributed by atoms with van der Waals surface area (Å²) in [7, 11) is 1.51. The van der Waals surface area contributed by atoms with Crippen molar-refractivity contribution in [1.82, 2.24) is 9.78 Å². The van der Waals surface area contributed by atoms with Gasteiger partial charge in [0, 0.05) is 12.6 Å². The zero-order chi connectivity index (χ0) is 13.8. The van der Waals surface area contributed by atoms with Crippen LogP contribution in [0.4, 0.5) is 0 Å². The number of carbonyl (C=O) groups excluding carboxylic acids is 1. The van der Waals surface area contributed by atoms with Gasteiger partial charge in [0.2, 0.25) is 0 Å². The smallest absolute Gasteiger partial charge is 0.343 e. The summed E-state index contributed by atoms with van der Waals surface area (Å²) in [6.07, 6.45) is 0. The number of aromatic nitrogens is 2. The molecule has 1 aromatic heterocycles. The first-order valence-corrected chi connectivity index (χ1v) is 5.94. The van der Waals surface area contributed by atoms with Crippen LogP contribution in [0.3, 0.4) is 0 Å². The van der Waals surface area contributed by atoms with Crippen LogP contribution >= 0.6 is 0 Å². The summed E-state index contributed by atoms with van der Waals surface area (Å²) in [5.74, 6) is -0.623. The minimum atomic E-state index is -0.623. The standard InChI is InChI=1S/C14H14N2O3/c1-3-19-14(18)11-9-12(15-16(2)13(11)17)10-7-5-4-6-8-10/h4-9H,3H2,1-2H3. The first-order valence-electron chi connectivity index (χ1n) is 5.94. The SMILES string of the molecule is CCOC(=O)c1cc(-c2ccccc2)nn(C)c1=O. The van der Waals surface area contributed by atoms with Gasteiger partial charge < -0.3 is 4.74 Å². The summed E-state index contributed by atoms with van der Waals surface area (Å²) in [6, 6.07) is 10.8. The normalized spacial score (nSPS) is 10.2. The molecule has 0 amide bonds. The molecule has 0 aliphatic rings. The zero-order valence-corrected chi connectivity index (χ0v) is 10.8. The Balaban J connectivity index is 2.54. The highest BCUT2D eigenvalue weighted by atomic mass is 16.5. The molecular formula is C14H14N2O3. The van der Waals surface area contributed by atoms with Crippen molar-refractivity contribution in [2.75, 3.05) is 6.61 Å². The summed E-state index contributed by atoms with van der Waals surface area (Å²) in [5, 5.41) is 4.14. The van der Waals surface area contributed by atoms with Crippen molar-refractivity contribution in [2.24, 2.45) is 7.05 Å². The van der Waals surface area contributed by atoms with E-state index in [0.29, 0.717) is 5.69 Å². The Morgan fingerprint density at radius 1 is 1.32 bits per heavy atom. The van der Waals surface area contributed by atoms with Gasteiger partial charge in [-0.2, -0.15) is 5.10 Å². The van der Waals surface area contributed by atoms with Crippen molar-refractivity contribution in [1.29, 1.82) is 0 Å². The molecule has 0 unspecified atom stereocenters. The molecule has 98 valence electrons. The monoisotopic (exact) mass is 258 g/mol. The summed E-state index contributed by atoms with van der Waals surface area (Å²) < 4.78 is 6.02. The van der Waals surface area contributed by atoms with E-state index in [1.807, 2.05) is 30.3 Å². The largest absolute Gasteiger partial charge is 0.462 e. The van der Waals surface area contributed by atoms with Crippen molar-refractivity contribution in [3.05, 3.63) is 52.3 Å². The van der Waals surface area contributed by atoms with Gasteiger partial charge in [0.05, 0.1) is 12.3 Å². The Morgan fingerprint density at radius 3 is 2.63 bits per heavy atom. The molecule has 0 aliphatic carbocycles. The van der Waals surface area contributed by atoms with Crippen molar-refractivity contribution in [3.8, 4) is 11.3 Å². The maximum absolute atomic E-state index is 11.9. The maximum atomic E-state index is 11.9. The summed E-state index contributed by atoms with van der Waals surface area (Å²) in [4.78, 5) is 23.6. The molecule has 0 spiro atoms. The van der Waals surface area contributed by atoms with Crippen LogP contribution in [-0.2, 0) is 11.8 Å². The topological polar surface area (TPSA) is 61.2 Å². The molecule has 2 aromatic rings. The fraction of sp³-hybridized carbons (Fsp3) is 0.214. The minimum Gasteiger partial charge on any atom is -0.462 e. The minimum absolute atomic E-state index is 0.00166. The number of carbonyl (C=O) groups is 1. The lowest BCUT2D eigenvalue weighted by molar-refractivity contribution is 0.0523. The van der Waals surface area contributed by atoms with E-state index in [4.69, 9.17) is 4.74 Å². The van der Waals surface area contributed by atoms with Crippen LogP contribution in [0.15, 0.2) is 41.2 Å². The van der Waals surface area contributed by atoms with E-state index >= 15 is 0 Å². The van der Waals surface area contributed by atoms with Crippen LogP contribution in [0.1, 0.15) is 17.3 Å². The van der Waals surface area contributed by atoms with Crippen LogP contribution in [0, 0.1) is 0 Å². The van der Waals surface area contributed by atoms with E-state index in [-0.39, 0.29) is 12.2 Å². The third-order valence-electron chi connectivity index (χ3n) is 2.63. The lowest BCUT2D eigenvalue weighted by atomic mass is 10.1. The van der Waals surface area contributed by atoms with E-state index in [2.05, 4.69) is 5.10 Å². The first-order chi connectivity index (χ1) is 9.13. The molecule has 0 aliphatic heterocycles. The lowest BCUT2D eigenvalue weighted by Gasteiger charge is -2.07. The molecule has 1 heterocycles. The first kappa shape index (κ1) is 13.0. The number of esters is 1. The highest BCUT2D eigenvalue weighted by molar-refractivity contribution is 5.90. The molecule has 0 saturated heterocycles. The second-order valence-corrected chi connectivity index (χ2v) is 3.96. The van der Waals surface area contributed by atoms with E-state index < -0.39 is 11.5 Å². The molecule has 0 fully saturated rings. The van der Waals surface area contributed by atoms with Gasteiger partial charge >= 0.3 is 5.97 Å². The fourth-order valence-electron chi connectivity index (χ4n) is 1.71. The maximum Gasteiger partial charge on any atom is 0.343 e. The molecule has 5 heteroatoms. The number of nitrogens with zero attached hydrogens (tertiary/aromatic N) is 2. The lowest BCUT2D eigenvalue weighted by Crippen LogP contribution is -2.27. The molecule has 2 rings (SSSR count). The van der Waals surface area contributed by atoms with E-state index in [1.54, 1.807) is 6.92 Å². The highest BCUT2D eigenvalue weighted by Crippen LogP contribution is 2.15. The van der Waals surface area contributed by atoms with Gasteiger partial charge in [0.1, 0.15) is 5.56 Å². The highest BCUT2D eigenvalue weighted by Gasteiger charge is 2.15. The summed E-state index contributed by atoms with van der Waals surface area (Å²) in [6.45, 7) is 1.92. The Hall–Kier alpha value is -2.43. The number of benzene rings is 1. The quantitative estimate of drug-likeness (QED) is 0.785. The number of hydrogen-bond donors (Lipinski definition) is 0. The van der Waals surface area contributed by atoms with Gasteiger partial charge in [-0.25, -0.2) is 9.48 Å². The van der Waals surface area contributed by atoms with Crippen molar-refractivity contribution < 1.29 is 9.53 Å². The van der Waals surface area contributed by atoms with Gasteiger partial charge in [-0.1, -0.05) is 30.3 Å². The zero-order valence-electron chi connectivity index (χ0n) is 10.8.